The van der Waals surface area contributed by atoms with Crippen LogP contribution in [0.1, 0.15) is 45.1 Å². The van der Waals surface area contributed by atoms with Crippen molar-refractivity contribution in [3.05, 3.63) is 20.8 Å². The third kappa shape index (κ3) is 3.77. The van der Waals surface area contributed by atoms with Crippen LogP contribution in [0.5, 0.6) is 0 Å². The van der Waals surface area contributed by atoms with Crippen molar-refractivity contribution in [3.8, 4) is 0 Å². The number of fused-ring (bicyclic) bond motifs is 1. The van der Waals surface area contributed by atoms with Crippen LogP contribution in [0.3, 0.4) is 0 Å². The molecule has 0 saturated carbocycles. The molecule has 0 aromatic carbocycles. The lowest BCUT2D eigenvalue weighted by Crippen LogP contribution is -2.45. The number of carbonyl (C=O) groups excluding carboxylic acids is 1. The molecule has 2 rings (SSSR count). The Morgan fingerprint density at radius 3 is 2.24 bits per heavy atom. The lowest BCUT2D eigenvalue weighted by Gasteiger charge is -2.32. The highest BCUT2D eigenvalue weighted by atomic mass is 32.2. The van der Waals surface area contributed by atoms with Gasteiger partial charge in [-0.15, -0.1) is 11.3 Å². The van der Waals surface area contributed by atoms with E-state index in [-0.39, 0.29) is 28.8 Å². The second kappa shape index (κ2) is 7.50. The molecule has 2 aromatic rings. The predicted molar refractivity (Wildman–Crippen MR) is 107 cm³/mol. The molecule has 0 aliphatic rings. The van der Waals surface area contributed by atoms with Crippen LogP contribution in [-0.2, 0) is 11.8 Å². The van der Waals surface area contributed by atoms with Crippen molar-refractivity contribution in [3.63, 3.8) is 0 Å². The van der Waals surface area contributed by atoms with Crippen LogP contribution in [0, 0.1) is 13.8 Å². The van der Waals surface area contributed by atoms with Crippen molar-refractivity contribution in [2.24, 2.45) is 7.05 Å². The maximum absolute atomic E-state index is 12.8. The summed E-state index contributed by atoms with van der Waals surface area (Å²) in [6.07, 6.45) is 0. The summed E-state index contributed by atoms with van der Waals surface area (Å²) in [6.45, 7) is 13.9. The maximum Gasteiger partial charge on any atom is 0.262 e. The molecule has 1 atom stereocenters. The number of thiophene rings is 1. The molecule has 0 radical (unpaired) electrons. The summed E-state index contributed by atoms with van der Waals surface area (Å²) in [5, 5.41) is 0.980. The van der Waals surface area contributed by atoms with E-state index in [0.717, 1.165) is 15.3 Å². The van der Waals surface area contributed by atoms with Gasteiger partial charge in [-0.2, -0.15) is 0 Å². The van der Waals surface area contributed by atoms with Gasteiger partial charge in [-0.25, -0.2) is 4.98 Å². The first-order valence-corrected chi connectivity index (χ1v) is 10.2. The summed E-state index contributed by atoms with van der Waals surface area (Å²) in [4.78, 5) is 34.0. The van der Waals surface area contributed by atoms with Crippen molar-refractivity contribution < 1.29 is 4.79 Å². The molecule has 138 valence electrons. The van der Waals surface area contributed by atoms with Gasteiger partial charge in [-0.3, -0.25) is 14.2 Å². The van der Waals surface area contributed by atoms with Gasteiger partial charge in [0.15, 0.2) is 5.16 Å². The van der Waals surface area contributed by atoms with Crippen LogP contribution in [-0.4, -0.2) is 37.7 Å². The molecule has 1 unspecified atom stereocenters. The molecule has 0 fully saturated rings. The first kappa shape index (κ1) is 20.0. The van der Waals surface area contributed by atoms with Crippen molar-refractivity contribution in [2.45, 2.75) is 71.0 Å². The predicted octanol–water partition coefficient (Wildman–Crippen LogP) is 3.74. The van der Waals surface area contributed by atoms with Crippen LogP contribution in [0.4, 0.5) is 0 Å². The second-order valence-electron chi connectivity index (χ2n) is 6.92. The van der Waals surface area contributed by atoms with Crippen LogP contribution in [0.15, 0.2) is 9.95 Å². The monoisotopic (exact) mass is 381 g/mol. The molecule has 5 nitrogen and oxygen atoms in total. The van der Waals surface area contributed by atoms with Gasteiger partial charge in [-0.05, 0) is 54.0 Å². The Balaban J connectivity index is 2.38. The molecule has 0 saturated heterocycles. The Hall–Kier alpha value is -1.34. The molecule has 1 amide bonds. The lowest BCUT2D eigenvalue weighted by atomic mass is 10.2. The van der Waals surface area contributed by atoms with E-state index in [4.69, 9.17) is 0 Å². The zero-order valence-electron chi connectivity index (χ0n) is 16.2. The molecule has 0 spiro atoms. The van der Waals surface area contributed by atoms with Gasteiger partial charge >= 0.3 is 0 Å². The Bertz CT molecular complexity index is 844. The van der Waals surface area contributed by atoms with E-state index in [1.54, 1.807) is 11.6 Å². The van der Waals surface area contributed by atoms with Crippen LogP contribution in [0.25, 0.3) is 10.2 Å². The van der Waals surface area contributed by atoms with Crippen LogP contribution < -0.4 is 5.56 Å². The maximum atomic E-state index is 12.8. The fraction of sp³-hybridized carbons (Fsp3) is 0.611. The first-order valence-electron chi connectivity index (χ1n) is 8.51. The Labute approximate surface area is 157 Å². The largest absolute Gasteiger partial charge is 0.337 e. The summed E-state index contributed by atoms with van der Waals surface area (Å²) in [6, 6.07) is 0.273. The second-order valence-corrected chi connectivity index (χ2v) is 9.43. The van der Waals surface area contributed by atoms with Gasteiger partial charge in [0.2, 0.25) is 5.91 Å². The van der Waals surface area contributed by atoms with Gasteiger partial charge < -0.3 is 4.90 Å². The number of nitrogens with zero attached hydrogens (tertiary/aromatic N) is 3. The van der Waals surface area contributed by atoms with Crippen molar-refractivity contribution in [2.75, 3.05) is 0 Å². The number of hydrogen-bond donors (Lipinski definition) is 0. The molecule has 0 bridgehead atoms. The van der Waals surface area contributed by atoms with E-state index in [0.29, 0.717) is 10.5 Å². The number of aryl methyl sites for hydroxylation is 2. The lowest BCUT2D eigenvalue weighted by molar-refractivity contribution is -0.133. The molecule has 2 aromatic heterocycles. The molecule has 7 heteroatoms. The summed E-state index contributed by atoms with van der Waals surface area (Å²) in [7, 11) is 1.73. The van der Waals surface area contributed by atoms with Gasteiger partial charge in [0, 0.05) is 24.0 Å². The minimum Gasteiger partial charge on any atom is -0.337 e. The number of thioether (sulfide) groups is 1. The zero-order valence-corrected chi connectivity index (χ0v) is 17.8. The fourth-order valence-electron chi connectivity index (χ4n) is 2.99. The fourth-order valence-corrected chi connectivity index (χ4v) is 4.99. The van der Waals surface area contributed by atoms with E-state index in [2.05, 4.69) is 4.98 Å². The van der Waals surface area contributed by atoms with Gasteiger partial charge in [0.25, 0.3) is 5.56 Å². The third-order valence-corrected chi connectivity index (χ3v) is 6.60. The van der Waals surface area contributed by atoms with Crippen LogP contribution in [0.2, 0.25) is 0 Å². The Morgan fingerprint density at radius 2 is 1.72 bits per heavy atom. The number of aromatic nitrogens is 2. The minimum absolute atomic E-state index is 0.0430. The zero-order chi connectivity index (χ0) is 19.0. The standard InChI is InChI=1S/C18H27N3O2S2/c1-9(2)21(10(3)4)16(22)13(7)25-18-19-15-14(17(23)20(18)8)11(5)12(6)24-15/h9-10,13H,1-8H3. The van der Waals surface area contributed by atoms with Gasteiger partial charge in [0.05, 0.1) is 10.6 Å². The van der Waals surface area contributed by atoms with Crippen molar-refractivity contribution >= 4 is 39.2 Å². The average molecular weight is 382 g/mol. The molecule has 25 heavy (non-hydrogen) atoms. The highest BCUT2D eigenvalue weighted by molar-refractivity contribution is 8.00. The average Bonchev–Trinajstić information content (AvgIpc) is 2.78. The third-order valence-electron chi connectivity index (χ3n) is 4.37. The number of rotatable bonds is 5. The molecular weight excluding hydrogens is 354 g/mol. The summed E-state index contributed by atoms with van der Waals surface area (Å²) in [5.74, 6) is 0.0721. The van der Waals surface area contributed by atoms with E-state index in [9.17, 15) is 9.59 Å². The molecule has 0 N–H and O–H groups in total. The van der Waals surface area contributed by atoms with Crippen molar-refractivity contribution in [1.29, 1.82) is 0 Å². The summed E-state index contributed by atoms with van der Waals surface area (Å²) in [5.41, 5.74) is 0.957. The van der Waals surface area contributed by atoms with Gasteiger partial charge in [-0.1, -0.05) is 11.8 Å². The quantitative estimate of drug-likeness (QED) is 0.585. The minimum atomic E-state index is -0.303. The van der Waals surface area contributed by atoms with Gasteiger partial charge in [0.1, 0.15) is 4.83 Å². The SMILES string of the molecule is Cc1sc2nc(SC(C)C(=O)N(C(C)C)C(C)C)n(C)c(=O)c2c1C. The van der Waals surface area contributed by atoms with E-state index < -0.39 is 0 Å². The molecule has 0 aliphatic carbocycles. The Morgan fingerprint density at radius 1 is 1.16 bits per heavy atom. The number of amides is 1. The van der Waals surface area contributed by atoms with E-state index >= 15 is 0 Å². The smallest absolute Gasteiger partial charge is 0.262 e. The highest BCUT2D eigenvalue weighted by Crippen LogP contribution is 2.30. The number of hydrogen-bond acceptors (Lipinski definition) is 5. The number of carbonyl (C=O) groups is 1. The topological polar surface area (TPSA) is 55.2 Å². The summed E-state index contributed by atoms with van der Waals surface area (Å²) >= 11 is 2.89. The normalized spacial score (nSPS) is 13.0. The molecule has 2 heterocycles. The van der Waals surface area contributed by atoms with Crippen LogP contribution >= 0.6 is 23.1 Å². The van der Waals surface area contributed by atoms with E-state index in [1.165, 1.54) is 23.1 Å². The molecular formula is C18H27N3O2S2. The Kier molecular flexibility index (Phi) is 5.99. The highest BCUT2D eigenvalue weighted by Gasteiger charge is 2.27. The van der Waals surface area contributed by atoms with Crippen molar-refractivity contribution in [1.82, 2.24) is 14.5 Å². The summed E-state index contributed by atoms with van der Waals surface area (Å²) < 4.78 is 1.56. The first-order chi connectivity index (χ1) is 11.6. The van der Waals surface area contributed by atoms with E-state index in [1.807, 2.05) is 53.4 Å². The molecule has 0 aliphatic heterocycles.